The minimum atomic E-state index is -0.0626. The SMILES string of the molecule is CC(C)[C@@H](N)c1nnc2ccccn12.Cl. The fourth-order valence-corrected chi connectivity index (χ4v) is 1.39. The second kappa shape index (κ2) is 4.59. The third kappa shape index (κ3) is 2.11. The number of halogens is 1. The number of aromatic nitrogens is 3. The zero-order valence-corrected chi connectivity index (χ0v) is 9.61. The lowest BCUT2D eigenvalue weighted by molar-refractivity contribution is 0.486. The first-order valence-electron chi connectivity index (χ1n) is 4.75. The predicted octanol–water partition coefficient (Wildman–Crippen LogP) is 1.81. The van der Waals surface area contributed by atoms with Crippen molar-refractivity contribution >= 4 is 18.1 Å². The Balaban J connectivity index is 0.00000112. The van der Waals surface area contributed by atoms with Crippen LogP contribution in [-0.2, 0) is 0 Å². The molecule has 0 amide bonds. The Labute approximate surface area is 94.9 Å². The summed E-state index contributed by atoms with van der Waals surface area (Å²) in [5.74, 6) is 1.19. The maximum Gasteiger partial charge on any atom is 0.160 e. The lowest BCUT2D eigenvalue weighted by Gasteiger charge is -2.12. The van der Waals surface area contributed by atoms with E-state index >= 15 is 0 Å². The molecule has 0 saturated carbocycles. The average Bonchev–Trinajstić information content (AvgIpc) is 2.60. The molecule has 4 nitrogen and oxygen atoms in total. The van der Waals surface area contributed by atoms with Gasteiger partial charge in [0.1, 0.15) is 0 Å². The number of nitrogens with zero attached hydrogens (tertiary/aromatic N) is 3. The Morgan fingerprint density at radius 2 is 2.00 bits per heavy atom. The van der Waals surface area contributed by atoms with Crippen molar-refractivity contribution in [1.29, 1.82) is 0 Å². The van der Waals surface area contributed by atoms with Crippen LogP contribution in [0.1, 0.15) is 25.7 Å². The summed E-state index contributed by atoms with van der Waals surface area (Å²) in [4.78, 5) is 0. The lowest BCUT2D eigenvalue weighted by Crippen LogP contribution is -2.19. The van der Waals surface area contributed by atoms with Gasteiger partial charge in [-0.05, 0) is 18.1 Å². The number of nitrogens with two attached hydrogens (primary N) is 1. The summed E-state index contributed by atoms with van der Waals surface area (Å²) in [5, 5.41) is 8.16. The third-order valence-electron chi connectivity index (χ3n) is 2.36. The summed E-state index contributed by atoms with van der Waals surface area (Å²) in [6.45, 7) is 4.16. The lowest BCUT2D eigenvalue weighted by atomic mass is 10.1. The highest BCUT2D eigenvalue weighted by Crippen LogP contribution is 2.17. The van der Waals surface area contributed by atoms with Gasteiger partial charge >= 0.3 is 0 Å². The number of fused-ring (bicyclic) bond motifs is 1. The minimum absolute atomic E-state index is 0. The van der Waals surface area contributed by atoms with Gasteiger partial charge in [-0.2, -0.15) is 0 Å². The van der Waals surface area contributed by atoms with E-state index in [0.717, 1.165) is 11.5 Å². The van der Waals surface area contributed by atoms with Gasteiger partial charge in [0.15, 0.2) is 11.5 Å². The summed E-state index contributed by atoms with van der Waals surface area (Å²) in [6, 6.07) is 5.75. The standard InChI is InChI=1S/C10H14N4.ClH/c1-7(2)9(11)10-13-12-8-5-3-4-6-14(8)10;/h3-7,9H,11H2,1-2H3;1H/t9-;/m1./s1. The van der Waals surface area contributed by atoms with Gasteiger partial charge in [0, 0.05) is 6.20 Å². The first-order valence-corrected chi connectivity index (χ1v) is 4.75. The molecule has 0 fully saturated rings. The molecule has 2 rings (SSSR count). The maximum atomic E-state index is 6.02. The van der Waals surface area contributed by atoms with Crippen LogP contribution in [0.2, 0.25) is 0 Å². The van der Waals surface area contributed by atoms with E-state index < -0.39 is 0 Å². The van der Waals surface area contributed by atoms with Gasteiger partial charge in [0.25, 0.3) is 0 Å². The normalized spacial score (nSPS) is 12.8. The molecule has 82 valence electrons. The molecule has 2 N–H and O–H groups in total. The van der Waals surface area contributed by atoms with Gasteiger partial charge in [-0.25, -0.2) is 0 Å². The van der Waals surface area contributed by atoms with Crippen molar-refractivity contribution in [3.63, 3.8) is 0 Å². The highest BCUT2D eigenvalue weighted by atomic mass is 35.5. The quantitative estimate of drug-likeness (QED) is 0.850. The molecule has 2 aromatic heterocycles. The van der Waals surface area contributed by atoms with Gasteiger partial charge < -0.3 is 5.73 Å². The van der Waals surface area contributed by atoms with Gasteiger partial charge in [-0.3, -0.25) is 4.40 Å². The van der Waals surface area contributed by atoms with E-state index in [9.17, 15) is 0 Å². The second-order valence-corrected chi connectivity index (χ2v) is 3.76. The van der Waals surface area contributed by atoms with Gasteiger partial charge in [0.05, 0.1) is 6.04 Å². The van der Waals surface area contributed by atoms with Gasteiger partial charge in [-0.15, -0.1) is 22.6 Å². The average molecular weight is 227 g/mol. The van der Waals surface area contributed by atoms with Crippen molar-refractivity contribution < 1.29 is 0 Å². The Hall–Kier alpha value is -1.13. The molecular weight excluding hydrogens is 212 g/mol. The maximum absolute atomic E-state index is 6.02. The van der Waals surface area contributed by atoms with E-state index in [4.69, 9.17) is 5.73 Å². The van der Waals surface area contributed by atoms with Crippen LogP contribution in [-0.4, -0.2) is 14.6 Å². The number of hydrogen-bond acceptors (Lipinski definition) is 3. The summed E-state index contributed by atoms with van der Waals surface area (Å²) in [7, 11) is 0. The number of rotatable bonds is 2. The molecule has 2 heterocycles. The molecule has 5 heteroatoms. The molecule has 0 radical (unpaired) electrons. The van der Waals surface area contributed by atoms with Crippen LogP contribution in [0.25, 0.3) is 5.65 Å². The molecule has 1 atom stereocenters. The van der Waals surface area contributed by atoms with Crippen LogP contribution < -0.4 is 5.73 Å². The molecule has 0 bridgehead atoms. The van der Waals surface area contributed by atoms with Crippen LogP contribution in [0.5, 0.6) is 0 Å². The first-order chi connectivity index (χ1) is 6.70. The van der Waals surface area contributed by atoms with E-state index in [1.807, 2.05) is 28.8 Å². The molecular formula is C10H15ClN4. The van der Waals surface area contributed by atoms with Crippen LogP contribution >= 0.6 is 12.4 Å². The van der Waals surface area contributed by atoms with E-state index in [1.54, 1.807) is 0 Å². The van der Waals surface area contributed by atoms with Crippen LogP contribution in [0.3, 0.4) is 0 Å². The van der Waals surface area contributed by atoms with Crippen molar-refractivity contribution in [3.05, 3.63) is 30.2 Å². The topological polar surface area (TPSA) is 56.2 Å². The molecule has 0 aromatic carbocycles. The Kier molecular flexibility index (Phi) is 3.66. The Morgan fingerprint density at radius 1 is 1.27 bits per heavy atom. The molecule has 0 aliphatic carbocycles. The minimum Gasteiger partial charge on any atom is -0.321 e. The first kappa shape index (κ1) is 11.9. The third-order valence-corrected chi connectivity index (χ3v) is 2.36. The second-order valence-electron chi connectivity index (χ2n) is 3.76. The van der Waals surface area contributed by atoms with Crippen molar-refractivity contribution in [2.24, 2.45) is 11.7 Å². The fraction of sp³-hybridized carbons (Fsp3) is 0.400. The van der Waals surface area contributed by atoms with Crippen LogP contribution in [0.15, 0.2) is 24.4 Å². The van der Waals surface area contributed by atoms with Gasteiger partial charge in [0.2, 0.25) is 0 Å². The highest BCUT2D eigenvalue weighted by molar-refractivity contribution is 5.85. The molecule has 0 aliphatic heterocycles. The van der Waals surface area contributed by atoms with Crippen molar-refractivity contribution in [3.8, 4) is 0 Å². The Morgan fingerprint density at radius 3 is 2.67 bits per heavy atom. The van der Waals surface area contributed by atoms with Gasteiger partial charge in [-0.1, -0.05) is 19.9 Å². The highest BCUT2D eigenvalue weighted by Gasteiger charge is 2.16. The fourth-order valence-electron chi connectivity index (χ4n) is 1.39. The van der Waals surface area contributed by atoms with Crippen molar-refractivity contribution in [1.82, 2.24) is 14.6 Å². The molecule has 0 saturated heterocycles. The van der Waals surface area contributed by atoms with E-state index in [1.165, 1.54) is 0 Å². The molecule has 0 unspecified atom stereocenters. The van der Waals surface area contributed by atoms with Crippen LogP contribution in [0.4, 0.5) is 0 Å². The summed E-state index contributed by atoms with van der Waals surface area (Å²) in [5.41, 5.74) is 6.87. The zero-order chi connectivity index (χ0) is 10.1. The zero-order valence-electron chi connectivity index (χ0n) is 8.79. The molecule has 0 aliphatic rings. The summed E-state index contributed by atoms with van der Waals surface area (Å²) in [6.07, 6.45) is 1.94. The van der Waals surface area contributed by atoms with E-state index in [-0.39, 0.29) is 18.4 Å². The number of hydrogen-bond donors (Lipinski definition) is 1. The molecule has 2 aromatic rings. The number of pyridine rings is 1. The molecule has 0 spiro atoms. The smallest absolute Gasteiger partial charge is 0.160 e. The van der Waals surface area contributed by atoms with E-state index in [0.29, 0.717) is 5.92 Å². The monoisotopic (exact) mass is 226 g/mol. The van der Waals surface area contributed by atoms with E-state index in [2.05, 4.69) is 24.0 Å². The summed E-state index contributed by atoms with van der Waals surface area (Å²) < 4.78 is 1.94. The van der Waals surface area contributed by atoms with Crippen molar-refractivity contribution in [2.75, 3.05) is 0 Å². The largest absolute Gasteiger partial charge is 0.321 e. The predicted molar refractivity (Wildman–Crippen MR) is 62.0 cm³/mol. The van der Waals surface area contributed by atoms with Crippen molar-refractivity contribution in [2.45, 2.75) is 19.9 Å². The van der Waals surface area contributed by atoms with Crippen LogP contribution in [0, 0.1) is 5.92 Å². The Bertz CT molecular complexity index is 438. The summed E-state index contributed by atoms with van der Waals surface area (Å²) >= 11 is 0. The molecule has 15 heavy (non-hydrogen) atoms.